The topological polar surface area (TPSA) is 29.9 Å². The molecule has 116 valence electrons. The Morgan fingerprint density at radius 1 is 1.14 bits per heavy atom. The van der Waals surface area contributed by atoms with Gasteiger partial charge in [0.2, 0.25) is 0 Å². The molecule has 1 N–H and O–H groups in total. The van der Waals surface area contributed by atoms with Gasteiger partial charge in [0.1, 0.15) is 5.82 Å². The smallest absolute Gasteiger partial charge is 0.133 e. The molecular formula is C19H25N3. The van der Waals surface area contributed by atoms with Gasteiger partial charge in [-0.15, -0.1) is 0 Å². The van der Waals surface area contributed by atoms with E-state index < -0.39 is 0 Å². The van der Waals surface area contributed by atoms with Crippen LogP contribution in [0.3, 0.4) is 0 Å². The number of nitrogens with one attached hydrogen (secondary N) is 1. The molecule has 0 amide bonds. The van der Waals surface area contributed by atoms with Crippen LogP contribution in [0.2, 0.25) is 0 Å². The zero-order valence-electron chi connectivity index (χ0n) is 13.7. The third-order valence-corrected chi connectivity index (χ3v) is 5.25. The standard InChI is InChI=1S/C19H25N3/c1-13-9-10-14(2)17(12-13)22-19-16(8-3-4-11-20-19)18(21-22)15-6-5-7-15/h9-10,12,15,20H,3-8,11H2,1-2H3. The number of hydrogen-bond acceptors (Lipinski definition) is 2. The molecule has 2 aromatic rings. The lowest BCUT2D eigenvalue weighted by atomic mass is 9.81. The summed E-state index contributed by atoms with van der Waals surface area (Å²) in [6.45, 7) is 5.40. The highest BCUT2D eigenvalue weighted by Crippen LogP contribution is 2.41. The van der Waals surface area contributed by atoms with E-state index in [-0.39, 0.29) is 0 Å². The molecule has 1 saturated carbocycles. The Labute approximate surface area is 132 Å². The van der Waals surface area contributed by atoms with Gasteiger partial charge in [0.25, 0.3) is 0 Å². The summed E-state index contributed by atoms with van der Waals surface area (Å²) in [4.78, 5) is 0. The van der Waals surface area contributed by atoms with Crippen LogP contribution in [-0.4, -0.2) is 16.3 Å². The van der Waals surface area contributed by atoms with Crippen LogP contribution in [0.4, 0.5) is 5.82 Å². The number of anilines is 1. The third-order valence-electron chi connectivity index (χ3n) is 5.25. The van der Waals surface area contributed by atoms with Crippen molar-refractivity contribution in [3.05, 3.63) is 40.6 Å². The molecule has 1 aromatic carbocycles. The van der Waals surface area contributed by atoms with Crippen molar-refractivity contribution in [2.24, 2.45) is 0 Å². The molecule has 1 aromatic heterocycles. The van der Waals surface area contributed by atoms with E-state index in [2.05, 4.69) is 42.0 Å². The van der Waals surface area contributed by atoms with Crippen molar-refractivity contribution in [1.29, 1.82) is 0 Å². The summed E-state index contributed by atoms with van der Waals surface area (Å²) in [6, 6.07) is 6.65. The number of benzene rings is 1. The molecule has 2 aliphatic rings. The van der Waals surface area contributed by atoms with Crippen molar-refractivity contribution in [1.82, 2.24) is 9.78 Å². The highest BCUT2D eigenvalue weighted by molar-refractivity contribution is 5.57. The van der Waals surface area contributed by atoms with Gasteiger partial charge in [-0.1, -0.05) is 18.6 Å². The molecule has 2 heterocycles. The van der Waals surface area contributed by atoms with E-state index in [0.29, 0.717) is 5.92 Å². The number of nitrogens with zero attached hydrogens (tertiary/aromatic N) is 2. The lowest BCUT2D eigenvalue weighted by Gasteiger charge is -2.24. The third kappa shape index (κ3) is 2.23. The maximum absolute atomic E-state index is 5.08. The first kappa shape index (κ1) is 13.9. The lowest BCUT2D eigenvalue weighted by molar-refractivity contribution is 0.406. The van der Waals surface area contributed by atoms with Gasteiger partial charge in [0.05, 0.1) is 11.4 Å². The van der Waals surface area contributed by atoms with Crippen molar-refractivity contribution in [3.8, 4) is 5.69 Å². The Bertz CT molecular complexity index is 695. The van der Waals surface area contributed by atoms with Crippen molar-refractivity contribution in [3.63, 3.8) is 0 Å². The fraction of sp³-hybridized carbons (Fsp3) is 0.526. The molecule has 0 saturated heterocycles. The highest BCUT2D eigenvalue weighted by Gasteiger charge is 2.29. The summed E-state index contributed by atoms with van der Waals surface area (Å²) in [7, 11) is 0. The van der Waals surface area contributed by atoms with Gasteiger partial charge in [0.15, 0.2) is 0 Å². The van der Waals surface area contributed by atoms with Crippen LogP contribution in [0, 0.1) is 13.8 Å². The van der Waals surface area contributed by atoms with Crippen LogP contribution in [0.5, 0.6) is 0 Å². The van der Waals surface area contributed by atoms with Crippen LogP contribution in [0.1, 0.15) is 60.4 Å². The fourth-order valence-electron chi connectivity index (χ4n) is 3.66. The molecule has 22 heavy (non-hydrogen) atoms. The molecule has 1 aliphatic heterocycles. The molecular weight excluding hydrogens is 270 g/mol. The van der Waals surface area contributed by atoms with Crippen LogP contribution >= 0.6 is 0 Å². The van der Waals surface area contributed by atoms with Gasteiger partial charge < -0.3 is 5.32 Å². The maximum atomic E-state index is 5.08. The number of hydrogen-bond donors (Lipinski definition) is 1. The zero-order chi connectivity index (χ0) is 15.1. The van der Waals surface area contributed by atoms with Crippen molar-refractivity contribution in [2.45, 2.75) is 58.3 Å². The first-order chi connectivity index (χ1) is 10.7. The van der Waals surface area contributed by atoms with Crippen LogP contribution in [-0.2, 0) is 6.42 Å². The molecule has 1 aliphatic carbocycles. The number of aryl methyl sites for hydroxylation is 2. The van der Waals surface area contributed by atoms with Gasteiger partial charge in [-0.25, -0.2) is 4.68 Å². The monoisotopic (exact) mass is 295 g/mol. The second kappa shape index (κ2) is 5.45. The van der Waals surface area contributed by atoms with Gasteiger partial charge in [-0.05, 0) is 63.1 Å². The van der Waals surface area contributed by atoms with E-state index in [9.17, 15) is 0 Å². The van der Waals surface area contributed by atoms with Crippen LogP contribution in [0.15, 0.2) is 18.2 Å². The maximum Gasteiger partial charge on any atom is 0.133 e. The average molecular weight is 295 g/mol. The van der Waals surface area contributed by atoms with Gasteiger partial charge in [-0.3, -0.25) is 0 Å². The van der Waals surface area contributed by atoms with E-state index in [4.69, 9.17) is 5.10 Å². The molecule has 1 fully saturated rings. The molecule has 3 heteroatoms. The number of rotatable bonds is 2. The van der Waals surface area contributed by atoms with Crippen molar-refractivity contribution < 1.29 is 0 Å². The summed E-state index contributed by atoms with van der Waals surface area (Å²) in [5.74, 6) is 1.95. The van der Waals surface area contributed by atoms with Crippen molar-refractivity contribution in [2.75, 3.05) is 11.9 Å². The predicted molar refractivity (Wildman–Crippen MR) is 91.1 cm³/mol. The lowest BCUT2D eigenvalue weighted by Crippen LogP contribution is -2.12. The highest BCUT2D eigenvalue weighted by atomic mass is 15.3. The first-order valence-electron chi connectivity index (χ1n) is 8.67. The summed E-state index contributed by atoms with van der Waals surface area (Å²) >= 11 is 0. The molecule has 0 spiro atoms. The van der Waals surface area contributed by atoms with Gasteiger partial charge in [-0.2, -0.15) is 5.10 Å². The second-order valence-corrected chi connectivity index (χ2v) is 6.93. The minimum absolute atomic E-state index is 0.694. The SMILES string of the molecule is Cc1ccc(C)c(-n2nc(C3CCC3)c3c2NCCCC3)c1. The molecule has 0 bridgehead atoms. The minimum atomic E-state index is 0.694. The molecule has 0 radical (unpaired) electrons. The summed E-state index contributed by atoms with van der Waals surface area (Å²) in [5.41, 5.74) is 6.68. The Morgan fingerprint density at radius 2 is 2.00 bits per heavy atom. The summed E-state index contributed by atoms with van der Waals surface area (Å²) in [5, 5.41) is 8.74. The Kier molecular flexibility index (Phi) is 3.44. The normalized spacial score (nSPS) is 18.3. The van der Waals surface area contributed by atoms with E-state index in [1.807, 2.05) is 0 Å². The first-order valence-corrected chi connectivity index (χ1v) is 8.67. The molecule has 3 nitrogen and oxygen atoms in total. The number of aromatic nitrogens is 2. The van der Waals surface area contributed by atoms with E-state index in [0.717, 1.165) is 6.54 Å². The van der Waals surface area contributed by atoms with Gasteiger partial charge >= 0.3 is 0 Å². The molecule has 4 rings (SSSR count). The fourth-order valence-corrected chi connectivity index (χ4v) is 3.66. The Balaban J connectivity index is 1.88. The Hall–Kier alpha value is -1.77. The summed E-state index contributed by atoms with van der Waals surface area (Å²) in [6.07, 6.45) is 7.71. The molecule has 0 atom stereocenters. The summed E-state index contributed by atoms with van der Waals surface area (Å²) < 4.78 is 2.19. The predicted octanol–water partition coefficient (Wildman–Crippen LogP) is 4.50. The minimum Gasteiger partial charge on any atom is -0.370 e. The van der Waals surface area contributed by atoms with E-state index in [1.165, 1.54) is 72.4 Å². The zero-order valence-corrected chi connectivity index (χ0v) is 13.7. The largest absolute Gasteiger partial charge is 0.370 e. The molecule has 0 unspecified atom stereocenters. The second-order valence-electron chi connectivity index (χ2n) is 6.93. The Morgan fingerprint density at radius 3 is 2.77 bits per heavy atom. The van der Waals surface area contributed by atoms with Crippen LogP contribution in [0.25, 0.3) is 5.69 Å². The van der Waals surface area contributed by atoms with E-state index >= 15 is 0 Å². The quantitative estimate of drug-likeness (QED) is 0.883. The number of fused-ring (bicyclic) bond motifs is 1. The van der Waals surface area contributed by atoms with E-state index in [1.54, 1.807) is 0 Å². The average Bonchev–Trinajstić information content (AvgIpc) is 2.65. The van der Waals surface area contributed by atoms with Crippen LogP contribution < -0.4 is 5.32 Å². The van der Waals surface area contributed by atoms with Gasteiger partial charge in [0, 0.05) is 18.0 Å². The van der Waals surface area contributed by atoms with Crippen molar-refractivity contribution >= 4 is 5.82 Å².